The molecular weight excluding hydrogens is 230 g/mol. The smallest absolute Gasteiger partial charge is 0.343 e. The van der Waals surface area contributed by atoms with E-state index in [9.17, 15) is 4.79 Å². The van der Waals surface area contributed by atoms with E-state index in [1.54, 1.807) is 6.92 Å². The maximum atomic E-state index is 11.6. The van der Waals surface area contributed by atoms with Crippen LogP contribution >= 0.6 is 0 Å². The number of benzene rings is 1. The maximum absolute atomic E-state index is 11.6. The Morgan fingerprint density at radius 2 is 1.94 bits per heavy atom. The number of rotatable bonds is 3. The van der Waals surface area contributed by atoms with E-state index in [-0.39, 0.29) is 0 Å². The molecule has 0 atom stereocenters. The Hall–Kier alpha value is -2.10. The van der Waals surface area contributed by atoms with Crippen LogP contribution in [0.25, 0.3) is 11.3 Å². The Morgan fingerprint density at radius 1 is 1.28 bits per heavy atom. The number of nitrogens with zero attached hydrogens (tertiary/aromatic N) is 1. The SMILES string of the molecule is CC.CCOC(=O)c1conc1-c1ccccc1. The topological polar surface area (TPSA) is 52.3 Å². The molecule has 2 aromatic rings. The first-order valence-corrected chi connectivity index (χ1v) is 6.00. The van der Waals surface area contributed by atoms with Crippen molar-refractivity contribution in [1.29, 1.82) is 0 Å². The fourth-order valence-corrected chi connectivity index (χ4v) is 1.39. The first-order valence-electron chi connectivity index (χ1n) is 6.00. The van der Waals surface area contributed by atoms with Crippen LogP contribution in [0.4, 0.5) is 0 Å². The van der Waals surface area contributed by atoms with Crippen LogP contribution in [-0.2, 0) is 4.74 Å². The summed E-state index contributed by atoms with van der Waals surface area (Å²) in [6, 6.07) is 9.37. The van der Waals surface area contributed by atoms with Crippen LogP contribution in [0.2, 0.25) is 0 Å². The van der Waals surface area contributed by atoms with Crippen molar-refractivity contribution in [2.75, 3.05) is 6.61 Å². The zero-order chi connectivity index (χ0) is 13.4. The molecule has 18 heavy (non-hydrogen) atoms. The van der Waals surface area contributed by atoms with Gasteiger partial charge in [0, 0.05) is 5.56 Å². The van der Waals surface area contributed by atoms with Gasteiger partial charge < -0.3 is 9.26 Å². The molecule has 0 saturated carbocycles. The van der Waals surface area contributed by atoms with E-state index >= 15 is 0 Å². The van der Waals surface area contributed by atoms with Gasteiger partial charge in [0.25, 0.3) is 0 Å². The van der Waals surface area contributed by atoms with Crippen molar-refractivity contribution in [1.82, 2.24) is 5.16 Å². The van der Waals surface area contributed by atoms with Gasteiger partial charge in [-0.15, -0.1) is 0 Å². The fourth-order valence-electron chi connectivity index (χ4n) is 1.39. The molecule has 0 unspecified atom stereocenters. The second-order valence-corrected chi connectivity index (χ2v) is 3.16. The highest BCUT2D eigenvalue weighted by atomic mass is 16.5. The highest BCUT2D eigenvalue weighted by Crippen LogP contribution is 2.22. The molecule has 0 N–H and O–H groups in total. The number of carbonyl (C=O) groups is 1. The van der Waals surface area contributed by atoms with Crippen LogP contribution in [-0.4, -0.2) is 17.7 Å². The predicted molar refractivity (Wildman–Crippen MR) is 69.2 cm³/mol. The summed E-state index contributed by atoms with van der Waals surface area (Å²) in [5.41, 5.74) is 1.70. The number of hydrogen-bond donors (Lipinski definition) is 0. The molecule has 96 valence electrons. The summed E-state index contributed by atoms with van der Waals surface area (Å²) in [4.78, 5) is 11.6. The summed E-state index contributed by atoms with van der Waals surface area (Å²) in [5.74, 6) is -0.414. The summed E-state index contributed by atoms with van der Waals surface area (Å²) in [5, 5.41) is 3.81. The van der Waals surface area contributed by atoms with E-state index in [0.717, 1.165) is 5.56 Å². The van der Waals surface area contributed by atoms with Gasteiger partial charge in [-0.3, -0.25) is 0 Å². The molecule has 0 radical (unpaired) electrons. The van der Waals surface area contributed by atoms with Crippen LogP contribution in [0.15, 0.2) is 41.1 Å². The zero-order valence-electron chi connectivity index (χ0n) is 10.8. The number of aromatic nitrogens is 1. The molecule has 0 spiro atoms. The molecule has 0 aliphatic carbocycles. The molecule has 0 aliphatic heterocycles. The molecule has 0 aliphatic rings. The summed E-state index contributed by atoms with van der Waals surface area (Å²) < 4.78 is 9.73. The lowest BCUT2D eigenvalue weighted by molar-refractivity contribution is 0.0526. The van der Waals surface area contributed by atoms with Crippen LogP contribution in [0.3, 0.4) is 0 Å². The minimum Gasteiger partial charge on any atom is -0.462 e. The molecule has 0 amide bonds. The second-order valence-electron chi connectivity index (χ2n) is 3.16. The van der Waals surface area contributed by atoms with Gasteiger partial charge in [0.15, 0.2) is 0 Å². The lowest BCUT2D eigenvalue weighted by Crippen LogP contribution is -2.04. The summed E-state index contributed by atoms with van der Waals surface area (Å²) in [6.45, 7) is 6.09. The highest BCUT2D eigenvalue weighted by Gasteiger charge is 2.17. The first kappa shape index (κ1) is 14.0. The Kier molecular flexibility index (Phi) is 5.64. The molecule has 1 aromatic heterocycles. The molecule has 1 heterocycles. The number of carbonyl (C=O) groups excluding carboxylic acids is 1. The van der Waals surface area contributed by atoms with Crippen LogP contribution in [0.1, 0.15) is 31.1 Å². The minimum absolute atomic E-state index is 0.332. The summed E-state index contributed by atoms with van der Waals surface area (Å²) in [6.07, 6.45) is 1.31. The Labute approximate surface area is 107 Å². The average Bonchev–Trinajstić information content (AvgIpc) is 2.92. The van der Waals surface area contributed by atoms with Crippen LogP contribution < -0.4 is 0 Å². The normalized spacial score (nSPS) is 9.28. The third-order valence-electron chi connectivity index (χ3n) is 2.11. The summed E-state index contributed by atoms with van der Waals surface area (Å²) in [7, 11) is 0. The van der Waals surface area contributed by atoms with Crippen molar-refractivity contribution >= 4 is 5.97 Å². The third-order valence-corrected chi connectivity index (χ3v) is 2.11. The molecule has 4 heteroatoms. The van der Waals surface area contributed by atoms with Crippen LogP contribution in [0, 0.1) is 0 Å². The van der Waals surface area contributed by atoms with Gasteiger partial charge in [-0.1, -0.05) is 49.3 Å². The number of ether oxygens (including phenoxy) is 1. The van der Waals surface area contributed by atoms with Gasteiger partial charge in [0.1, 0.15) is 17.5 Å². The van der Waals surface area contributed by atoms with E-state index in [1.807, 2.05) is 44.2 Å². The van der Waals surface area contributed by atoms with E-state index < -0.39 is 5.97 Å². The lowest BCUT2D eigenvalue weighted by atomic mass is 10.1. The standard InChI is InChI=1S/C12H11NO3.C2H6/c1-2-15-12(14)10-8-16-13-11(10)9-6-4-3-5-7-9;1-2/h3-8H,2H2,1H3;1-2H3. The Balaban J connectivity index is 0.000000771. The third kappa shape index (κ3) is 3.20. The predicted octanol–water partition coefficient (Wildman–Crippen LogP) is 3.54. The van der Waals surface area contributed by atoms with Gasteiger partial charge in [-0.25, -0.2) is 4.79 Å². The minimum atomic E-state index is -0.414. The van der Waals surface area contributed by atoms with E-state index in [4.69, 9.17) is 9.26 Å². The molecule has 0 bridgehead atoms. The van der Waals surface area contributed by atoms with Crippen molar-refractivity contribution in [3.63, 3.8) is 0 Å². The molecule has 1 aromatic carbocycles. The van der Waals surface area contributed by atoms with Crippen molar-refractivity contribution in [3.05, 3.63) is 42.2 Å². The fraction of sp³-hybridized carbons (Fsp3) is 0.286. The monoisotopic (exact) mass is 247 g/mol. The lowest BCUT2D eigenvalue weighted by Gasteiger charge is -2.00. The Bertz CT molecular complexity index is 477. The van der Waals surface area contributed by atoms with Gasteiger partial charge in [-0.2, -0.15) is 0 Å². The second kappa shape index (κ2) is 7.27. The molecule has 0 fully saturated rings. The van der Waals surface area contributed by atoms with Crippen molar-refractivity contribution in [3.8, 4) is 11.3 Å². The van der Waals surface area contributed by atoms with Crippen molar-refractivity contribution < 1.29 is 14.1 Å². The Morgan fingerprint density at radius 3 is 2.56 bits per heavy atom. The van der Waals surface area contributed by atoms with E-state index in [0.29, 0.717) is 17.9 Å². The van der Waals surface area contributed by atoms with E-state index in [2.05, 4.69) is 5.16 Å². The number of hydrogen-bond acceptors (Lipinski definition) is 4. The van der Waals surface area contributed by atoms with Gasteiger partial charge >= 0.3 is 5.97 Å². The first-order chi connectivity index (χ1) is 8.83. The molecule has 2 rings (SSSR count). The average molecular weight is 247 g/mol. The van der Waals surface area contributed by atoms with Crippen molar-refractivity contribution in [2.24, 2.45) is 0 Å². The molecular formula is C14H17NO3. The van der Waals surface area contributed by atoms with E-state index in [1.165, 1.54) is 6.26 Å². The quantitative estimate of drug-likeness (QED) is 0.778. The maximum Gasteiger partial charge on any atom is 0.343 e. The number of esters is 1. The highest BCUT2D eigenvalue weighted by molar-refractivity contribution is 5.95. The van der Waals surface area contributed by atoms with Crippen LogP contribution in [0.5, 0.6) is 0 Å². The van der Waals surface area contributed by atoms with Gasteiger partial charge in [-0.05, 0) is 6.92 Å². The zero-order valence-corrected chi connectivity index (χ0v) is 10.8. The molecule has 0 saturated heterocycles. The largest absolute Gasteiger partial charge is 0.462 e. The van der Waals surface area contributed by atoms with Gasteiger partial charge in [0.2, 0.25) is 0 Å². The molecule has 4 nitrogen and oxygen atoms in total. The summed E-state index contributed by atoms with van der Waals surface area (Å²) >= 11 is 0. The van der Waals surface area contributed by atoms with Crippen molar-refractivity contribution in [2.45, 2.75) is 20.8 Å². The van der Waals surface area contributed by atoms with Gasteiger partial charge in [0.05, 0.1) is 6.61 Å².